The number of nitrogens with zero attached hydrogens (tertiary/aromatic N) is 2. The lowest BCUT2D eigenvalue weighted by molar-refractivity contribution is 0.677. The van der Waals surface area contributed by atoms with Gasteiger partial charge in [0.15, 0.2) is 0 Å². The first kappa shape index (κ1) is 15.9. The van der Waals surface area contributed by atoms with Crippen LogP contribution in [0.25, 0.3) is 0 Å². The van der Waals surface area contributed by atoms with Crippen LogP contribution >= 0.6 is 0 Å². The number of anilines is 2. The van der Waals surface area contributed by atoms with Crippen molar-refractivity contribution in [1.29, 1.82) is 0 Å². The summed E-state index contributed by atoms with van der Waals surface area (Å²) < 4.78 is 11.1. The van der Waals surface area contributed by atoms with Crippen molar-refractivity contribution in [2.24, 2.45) is 0 Å². The third-order valence-electron chi connectivity index (χ3n) is 2.92. The first-order valence-electron chi connectivity index (χ1n) is 6.54. The first-order valence-corrected chi connectivity index (χ1v) is 8.27. The maximum atomic E-state index is 11.1. The molecule has 1 aromatic rings. The second-order valence-corrected chi connectivity index (χ2v) is 6.56. The Kier molecular flexibility index (Phi) is 6.21. The molecule has 0 aliphatic rings. The van der Waals surface area contributed by atoms with Crippen LogP contribution < -0.4 is 10.6 Å². The van der Waals surface area contributed by atoms with Crippen molar-refractivity contribution < 1.29 is 4.21 Å². The van der Waals surface area contributed by atoms with Gasteiger partial charge in [-0.2, -0.15) is 0 Å². The number of rotatable bonds is 7. The Morgan fingerprint density at radius 3 is 2.42 bits per heavy atom. The lowest BCUT2D eigenvalue weighted by Crippen LogP contribution is -2.20. The van der Waals surface area contributed by atoms with Crippen molar-refractivity contribution in [3.05, 3.63) is 11.9 Å². The number of aromatic nitrogens is 2. The van der Waals surface area contributed by atoms with Crippen LogP contribution in [0, 0.1) is 0 Å². The normalized spacial score (nSPS) is 14.2. The van der Waals surface area contributed by atoms with E-state index in [4.69, 9.17) is 0 Å². The summed E-state index contributed by atoms with van der Waals surface area (Å²) in [6.45, 7) is 6.32. The molecular formula is C13H24N4OS. The third-order valence-corrected chi connectivity index (χ3v) is 3.73. The third kappa shape index (κ3) is 4.78. The van der Waals surface area contributed by atoms with Crippen molar-refractivity contribution >= 4 is 22.4 Å². The summed E-state index contributed by atoms with van der Waals surface area (Å²) in [6, 6.07) is 0.237. The highest BCUT2D eigenvalue weighted by Gasteiger charge is 2.15. The van der Waals surface area contributed by atoms with E-state index in [1.165, 1.54) is 0 Å². The van der Waals surface area contributed by atoms with E-state index in [-0.39, 0.29) is 6.04 Å². The molecule has 108 valence electrons. The second kappa shape index (κ2) is 7.43. The molecule has 0 amide bonds. The van der Waals surface area contributed by atoms with E-state index in [0.717, 1.165) is 23.6 Å². The maximum absolute atomic E-state index is 11.1. The molecule has 0 aromatic carbocycles. The predicted molar refractivity (Wildman–Crippen MR) is 82.3 cm³/mol. The minimum atomic E-state index is -0.749. The van der Waals surface area contributed by atoms with Gasteiger partial charge in [0.2, 0.25) is 0 Å². The van der Waals surface area contributed by atoms with Gasteiger partial charge in [0.05, 0.1) is 0 Å². The van der Waals surface area contributed by atoms with Crippen molar-refractivity contribution in [2.45, 2.75) is 39.2 Å². The lowest BCUT2D eigenvalue weighted by Gasteiger charge is -2.20. The van der Waals surface area contributed by atoms with E-state index >= 15 is 0 Å². The molecule has 0 aliphatic heterocycles. The standard InChI is InChI=1S/C13H24N4OS/c1-9(2)11-12(14-4)15-8-16-13(11)17-10(3)6-7-19(5)18/h8-10H,6-7H2,1-5H3,(H2,14,15,16,17). The Hall–Kier alpha value is -1.17. The summed E-state index contributed by atoms with van der Waals surface area (Å²) in [4.78, 5) is 8.59. The summed E-state index contributed by atoms with van der Waals surface area (Å²) >= 11 is 0. The van der Waals surface area contributed by atoms with E-state index in [1.54, 1.807) is 12.6 Å². The molecule has 0 bridgehead atoms. The molecule has 2 atom stereocenters. The number of hydrogen-bond donors (Lipinski definition) is 2. The molecule has 0 aliphatic carbocycles. The molecule has 5 nitrogen and oxygen atoms in total. The van der Waals surface area contributed by atoms with Crippen LogP contribution in [0.15, 0.2) is 6.33 Å². The molecule has 2 unspecified atom stereocenters. The summed E-state index contributed by atoms with van der Waals surface area (Å²) in [5, 5.41) is 6.50. The number of nitrogens with one attached hydrogen (secondary N) is 2. The van der Waals surface area contributed by atoms with Gasteiger partial charge < -0.3 is 10.6 Å². The zero-order chi connectivity index (χ0) is 14.4. The zero-order valence-electron chi connectivity index (χ0n) is 12.4. The van der Waals surface area contributed by atoms with Crippen LogP contribution in [0.4, 0.5) is 11.6 Å². The summed E-state index contributed by atoms with van der Waals surface area (Å²) in [6.07, 6.45) is 4.15. The van der Waals surface area contributed by atoms with E-state index in [9.17, 15) is 4.21 Å². The van der Waals surface area contributed by atoms with Crippen molar-refractivity contribution in [1.82, 2.24) is 9.97 Å². The van der Waals surface area contributed by atoms with Crippen molar-refractivity contribution in [2.75, 3.05) is 29.7 Å². The minimum Gasteiger partial charge on any atom is -0.373 e. The Bertz CT molecular complexity index is 437. The molecular weight excluding hydrogens is 260 g/mol. The molecule has 0 radical (unpaired) electrons. The molecule has 6 heteroatoms. The Labute approximate surface area is 118 Å². The average Bonchev–Trinajstić information content (AvgIpc) is 2.35. The lowest BCUT2D eigenvalue weighted by atomic mass is 10.0. The smallest absolute Gasteiger partial charge is 0.135 e. The van der Waals surface area contributed by atoms with E-state index in [1.807, 2.05) is 7.05 Å². The number of hydrogen-bond acceptors (Lipinski definition) is 5. The van der Waals surface area contributed by atoms with Gasteiger partial charge in [-0.05, 0) is 19.3 Å². The highest BCUT2D eigenvalue weighted by molar-refractivity contribution is 7.84. The van der Waals surface area contributed by atoms with Gasteiger partial charge in [0, 0.05) is 41.5 Å². The van der Waals surface area contributed by atoms with Gasteiger partial charge in [-0.3, -0.25) is 4.21 Å². The minimum absolute atomic E-state index is 0.237. The fourth-order valence-electron chi connectivity index (χ4n) is 1.90. The molecule has 0 fully saturated rings. The molecule has 1 rings (SSSR count). The first-order chi connectivity index (χ1) is 8.95. The van der Waals surface area contributed by atoms with Gasteiger partial charge in [0.1, 0.15) is 18.0 Å². The largest absolute Gasteiger partial charge is 0.373 e. The molecule has 0 saturated heterocycles. The highest BCUT2D eigenvalue weighted by atomic mass is 32.2. The van der Waals surface area contributed by atoms with Gasteiger partial charge in [-0.25, -0.2) is 9.97 Å². The van der Waals surface area contributed by atoms with E-state index in [2.05, 4.69) is 41.4 Å². The van der Waals surface area contributed by atoms with Crippen LogP contribution in [0.3, 0.4) is 0 Å². The van der Waals surface area contributed by atoms with Gasteiger partial charge in [-0.1, -0.05) is 13.8 Å². The van der Waals surface area contributed by atoms with Crippen molar-refractivity contribution in [3.8, 4) is 0 Å². The summed E-state index contributed by atoms with van der Waals surface area (Å²) in [7, 11) is 1.11. The fraction of sp³-hybridized carbons (Fsp3) is 0.692. The van der Waals surface area contributed by atoms with Crippen LogP contribution in [0.5, 0.6) is 0 Å². The van der Waals surface area contributed by atoms with Crippen LogP contribution in [0.1, 0.15) is 38.7 Å². The predicted octanol–water partition coefficient (Wildman–Crippen LogP) is 2.21. The topological polar surface area (TPSA) is 66.9 Å². The van der Waals surface area contributed by atoms with Crippen LogP contribution in [-0.4, -0.2) is 39.3 Å². The molecule has 1 aromatic heterocycles. The van der Waals surface area contributed by atoms with Gasteiger partial charge in [0.25, 0.3) is 0 Å². The van der Waals surface area contributed by atoms with Crippen LogP contribution in [0.2, 0.25) is 0 Å². The Morgan fingerprint density at radius 2 is 1.89 bits per heavy atom. The monoisotopic (exact) mass is 284 g/mol. The van der Waals surface area contributed by atoms with Gasteiger partial charge in [-0.15, -0.1) is 0 Å². The maximum Gasteiger partial charge on any atom is 0.135 e. The van der Waals surface area contributed by atoms with E-state index < -0.39 is 10.8 Å². The molecule has 2 N–H and O–H groups in total. The quantitative estimate of drug-likeness (QED) is 0.803. The van der Waals surface area contributed by atoms with Crippen LogP contribution in [-0.2, 0) is 10.8 Å². The van der Waals surface area contributed by atoms with Gasteiger partial charge >= 0.3 is 0 Å². The fourth-order valence-corrected chi connectivity index (χ4v) is 2.59. The Balaban J connectivity index is 2.85. The summed E-state index contributed by atoms with van der Waals surface area (Å²) in [5.74, 6) is 2.76. The molecule has 1 heterocycles. The highest BCUT2D eigenvalue weighted by Crippen LogP contribution is 2.28. The summed E-state index contributed by atoms with van der Waals surface area (Å²) in [5.41, 5.74) is 1.09. The zero-order valence-corrected chi connectivity index (χ0v) is 13.2. The van der Waals surface area contributed by atoms with E-state index in [0.29, 0.717) is 11.7 Å². The molecule has 19 heavy (non-hydrogen) atoms. The molecule has 0 spiro atoms. The average molecular weight is 284 g/mol. The second-order valence-electron chi connectivity index (χ2n) is 5.00. The molecule has 0 saturated carbocycles. The Morgan fingerprint density at radius 1 is 1.26 bits per heavy atom. The van der Waals surface area contributed by atoms with Crippen molar-refractivity contribution in [3.63, 3.8) is 0 Å². The SMILES string of the molecule is CNc1ncnc(NC(C)CCS(C)=O)c1C(C)C.